The molecule has 2 amide bonds. The standard InChI is InChI=1S/C21H22N2O4/c1-14-6-5-8-17(10-14)23-12-16(11-20(23)25)21(26)27-13-19(24)22-18-9-4-3-7-15(18)2/h3-10,16H,11-13H2,1-2H3,(H,22,24)/t16-/m0/s1. The van der Waals surface area contributed by atoms with Gasteiger partial charge in [0.1, 0.15) is 0 Å². The van der Waals surface area contributed by atoms with Gasteiger partial charge in [-0.05, 0) is 43.2 Å². The number of rotatable bonds is 5. The Morgan fingerprint density at radius 2 is 1.93 bits per heavy atom. The zero-order valence-electron chi connectivity index (χ0n) is 15.4. The highest BCUT2D eigenvalue weighted by atomic mass is 16.5. The van der Waals surface area contributed by atoms with Crippen molar-refractivity contribution in [2.45, 2.75) is 20.3 Å². The Morgan fingerprint density at radius 3 is 2.67 bits per heavy atom. The van der Waals surface area contributed by atoms with Crippen molar-refractivity contribution in [3.05, 3.63) is 59.7 Å². The number of anilines is 2. The zero-order valence-corrected chi connectivity index (χ0v) is 15.4. The first kappa shape index (κ1) is 18.6. The molecule has 0 spiro atoms. The molecule has 1 aliphatic rings. The summed E-state index contributed by atoms with van der Waals surface area (Å²) in [5, 5.41) is 2.71. The summed E-state index contributed by atoms with van der Waals surface area (Å²) >= 11 is 0. The molecule has 1 fully saturated rings. The Balaban J connectivity index is 1.53. The number of benzene rings is 2. The summed E-state index contributed by atoms with van der Waals surface area (Å²) in [4.78, 5) is 38.1. The van der Waals surface area contributed by atoms with Gasteiger partial charge in [-0.1, -0.05) is 30.3 Å². The number of nitrogens with one attached hydrogen (secondary N) is 1. The van der Waals surface area contributed by atoms with Crippen LogP contribution in [0.4, 0.5) is 11.4 Å². The van der Waals surface area contributed by atoms with Gasteiger partial charge in [0.05, 0.1) is 5.92 Å². The number of ether oxygens (including phenoxy) is 1. The highest BCUT2D eigenvalue weighted by Gasteiger charge is 2.36. The van der Waals surface area contributed by atoms with Crippen molar-refractivity contribution < 1.29 is 19.1 Å². The quantitative estimate of drug-likeness (QED) is 0.826. The fourth-order valence-corrected chi connectivity index (χ4v) is 3.06. The molecule has 0 aromatic heterocycles. The van der Waals surface area contributed by atoms with E-state index in [2.05, 4.69) is 5.32 Å². The summed E-state index contributed by atoms with van der Waals surface area (Å²) in [7, 11) is 0. The molecule has 2 aromatic carbocycles. The van der Waals surface area contributed by atoms with E-state index < -0.39 is 17.8 Å². The first-order valence-corrected chi connectivity index (χ1v) is 8.83. The Morgan fingerprint density at radius 1 is 1.15 bits per heavy atom. The highest BCUT2D eigenvalue weighted by Crippen LogP contribution is 2.26. The van der Waals surface area contributed by atoms with E-state index in [0.29, 0.717) is 5.69 Å². The van der Waals surface area contributed by atoms with Crippen LogP contribution in [0.25, 0.3) is 0 Å². The van der Waals surface area contributed by atoms with Gasteiger partial charge in [0.2, 0.25) is 5.91 Å². The molecule has 0 aliphatic carbocycles. The molecule has 0 unspecified atom stereocenters. The van der Waals surface area contributed by atoms with Gasteiger partial charge in [0.15, 0.2) is 6.61 Å². The lowest BCUT2D eigenvalue weighted by molar-refractivity contribution is -0.151. The monoisotopic (exact) mass is 366 g/mol. The molecule has 3 rings (SSSR count). The van der Waals surface area contributed by atoms with Crippen molar-refractivity contribution in [2.75, 3.05) is 23.4 Å². The summed E-state index contributed by atoms with van der Waals surface area (Å²) in [6.07, 6.45) is 0.0895. The number of carbonyl (C=O) groups excluding carboxylic acids is 3. The molecule has 1 aliphatic heterocycles. The molecule has 1 atom stereocenters. The van der Waals surface area contributed by atoms with E-state index in [4.69, 9.17) is 4.74 Å². The molecule has 0 radical (unpaired) electrons. The van der Waals surface area contributed by atoms with Crippen molar-refractivity contribution in [1.82, 2.24) is 0 Å². The third kappa shape index (κ3) is 4.53. The van der Waals surface area contributed by atoms with E-state index in [1.54, 1.807) is 11.0 Å². The Bertz CT molecular complexity index is 878. The van der Waals surface area contributed by atoms with Crippen LogP contribution in [0.2, 0.25) is 0 Å². The van der Waals surface area contributed by atoms with E-state index in [-0.39, 0.29) is 25.5 Å². The van der Waals surface area contributed by atoms with Gasteiger partial charge in [0.25, 0.3) is 5.91 Å². The van der Waals surface area contributed by atoms with Gasteiger partial charge >= 0.3 is 5.97 Å². The van der Waals surface area contributed by atoms with E-state index >= 15 is 0 Å². The minimum atomic E-state index is -0.565. The number of hydrogen-bond acceptors (Lipinski definition) is 4. The summed E-state index contributed by atoms with van der Waals surface area (Å²) in [6.45, 7) is 3.72. The summed E-state index contributed by atoms with van der Waals surface area (Å²) < 4.78 is 5.13. The first-order valence-electron chi connectivity index (χ1n) is 8.83. The van der Waals surface area contributed by atoms with E-state index in [0.717, 1.165) is 16.8 Å². The number of aryl methyl sites for hydroxylation is 2. The molecule has 1 saturated heterocycles. The van der Waals surface area contributed by atoms with Gasteiger partial charge < -0.3 is 15.0 Å². The maximum atomic E-state index is 12.3. The number of carbonyl (C=O) groups is 3. The second-order valence-corrected chi connectivity index (χ2v) is 6.72. The number of para-hydroxylation sites is 1. The maximum absolute atomic E-state index is 12.3. The molecule has 140 valence electrons. The van der Waals surface area contributed by atoms with Crippen molar-refractivity contribution in [3.63, 3.8) is 0 Å². The van der Waals surface area contributed by atoms with Gasteiger partial charge in [0, 0.05) is 24.3 Å². The second-order valence-electron chi connectivity index (χ2n) is 6.72. The van der Waals surface area contributed by atoms with Crippen LogP contribution >= 0.6 is 0 Å². The van der Waals surface area contributed by atoms with E-state index in [9.17, 15) is 14.4 Å². The molecular formula is C21H22N2O4. The SMILES string of the molecule is Cc1cccc(N2C[C@@H](C(=O)OCC(=O)Nc3ccccc3C)CC2=O)c1. The van der Waals surface area contributed by atoms with Crippen molar-refractivity contribution >= 4 is 29.2 Å². The first-order chi connectivity index (χ1) is 12.9. The van der Waals surface area contributed by atoms with Crippen molar-refractivity contribution in [1.29, 1.82) is 0 Å². The highest BCUT2D eigenvalue weighted by molar-refractivity contribution is 6.00. The van der Waals surface area contributed by atoms with Crippen LogP contribution in [0.15, 0.2) is 48.5 Å². The molecule has 0 bridgehead atoms. The lowest BCUT2D eigenvalue weighted by Gasteiger charge is -2.17. The van der Waals surface area contributed by atoms with Crippen LogP contribution in [-0.4, -0.2) is 30.9 Å². The summed E-state index contributed by atoms with van der Waals surface area (Å²) in [6, 6.07) is 14.9. The molecule has 1 heterocycles. The topological polar surface area (TPSA) is 75.7 Å². The summed E-state index contributed by atoms with van der Waals surface area (Å²) in [5.74, 6) is -1.62. The van der Waals surface area contributed by atoms with Crippen molar-refractivity contribution in [3.8, 4) is 0 Å². The fourth-order valence-electron chi connectivity index (χ4n) is 3.06. The number of esters is 1. The maximum Gasteiger partial charge on any atom is 0.311 e. The Kier molecular flexibility index (Phi) is 5.54. The molecule has 27 heavy (non-hydrogen) atoms. The average molecular weight is 366 g/mol. The molecule has 1 N–H and O–H groups in total. The molecule has 6 heteroatoms. The van der Waals surface area contributed by atoms with Gasteiger partial charge in [-0.3, -0.25) is 14.4 Å². The van der Waals surface area contributed by atoms with Gasteiger partial charge in [-0.25, -0.2) is 0 Å². The third-order valence-electron chi connectivity index (χ3n) is 4.54. The molecule has 0 saturated carbocycles. The molecular weight excluding hydrogens is 344 g/mol. The number of amides is 2. The van der Waals surface area contributed by atoms with Crippen molar-refractivity contribution in [2.24, 2.45) is 5.92 Å². The van der Waals surface area contributed by atoms with E-state index in [1.165, 1.54) is 0 Å². The average Bonchev–Trinajstić information content (AvgIpc) is 3.03. The fraction of sp³-hybridized carbons (Fsp3) is 0.286. The van der Waals surface area contributed by atoms with Crippen LogP contribution in [0.3, 0.4) is 0 Å². The number of nitrogens with zero attached hydrogens (tertiary/aromatic N) is 1. The minimum absolute atomic E-state index is 0.0895. The molecule has 2 aromatic rings. The van der Waals surface area contributed by atoms with Gasteiger partial charge in [-0.15, -0.1) is 0 Å². The van der Waals surface area contributed by atoms with Gasteiger partial charge in [-0.2, -0.15) is 0 Å². The Hall–Kier alpha value is -3.15. The lowest BCUT2D eigenvalue weighted by Crippen LogP contribution is -2.28. The largest absolute Gasteiger partial charge is 0.455 e. The van der Waals surface area contributed by atoms with Crippen LogP contribution in [0.1, 0.15) is 17.5 Å². The third-order valence-corrected chi connectivity index (χ3v) is 4.54. The van der Waals surface area contributed by atoms with Crippen LogP contribution in [0, 0.1) is 19.8 Å². The predicted octanol–water partition coefficient (Wildman–Crippen LogP) is 2.84. The van der Waals surface area contributed by atoms with Crippen LogP contribution in [0.5, 0.6) is 0 Å². The van der Waals surface area contributed by atoms with Crippen LogP contribution < -0.4 is 10.2 Å². The lowest BCUT2D eigenvalue weighted by atomic mass is 10.1. The normalized spacial score (nSPS) is 16.3. The molecule has 6 nitrogen and oxygen atoms in total. The number of hydrogen-bond donors (Lipinski definition) is 1. The minimum Gasteiger partial charge on any atom is -0.455 e. The van der Waals surface area contributed by atoms with E-state index in [1.807, 2.05) is 56.3 Å². The second kappa shape index (κ2) is 8.03. The zero-order chi connectivity index (χ0) is 19.4. The summed E-state index contributed by atoms with van der Waals surface area (Å²) in [5.41, 5.74) is 3.42. The Labute approximate surface area is 158 Å². The predicted molar refractivity (Wildman–Crippen MR) is 102 cm³/mol. The van der Waals surface area contributed by atoms with Crippen LogP contribution in [-0.2, 0) is 19.1 Å². The smallest absolute Gasteiger partial charge is 0.311 e.